The highest BCUT2D eigenvalue weighted by molar-refractivity contribution is 5.81. The largest absolute Gasteiger partial charge is 0.384 e. The molecule has 0 radical (unpaired) electrons. The van der Waals surface area contributed by atoms with Crippen molar-refractivity contribution in [2.24, 2.45) is 5.92 Å². The van der Waals surface area contributed by atoms with Crippen LogP contribution in [0.5, 0.6) is 0 Å². The predicted molar refractivity (Wildman–Crippen MR) is 55.1 cm³/mol. The summed E-state index contributed by atoms with van der Waals surface area (Å²) in [7, 11) is 1.68. The molecule has 82 valence electrons. The van der Waals surface area contributed by atoms with Crippen LogP contribution in [0.1, 0.15) is 19.8 Å². The van der Waals surface area contributed by atoms with Gasteiger partial charge in [-0.25, -0.2) is 0 Å². The predicted octanol–water partition coefficient (Wildman–Crippen LogP) is 0.137. The molecular formula is C10H20N2O2. The molecule has 1 rings (SSSR count). The molecule has 0 aromatic rings. The van der Waals surface area contributed by atoms with E-state index in [0.717, 1.165) is 19.4 Å². The molecule has 14 heavy (non-hydrogen) atoms. The number of carbonyl (C=O) groups excluding carboxylic acids is 1. The Bertz CT molecular complexity index is 179. The first-order valence-corrected chi connectivity index (χ1v) is 5.24. The Balaban J connectivity index is 2.13. The molecular weight excluding hydrogens is 180 g/mol. The summed E-state index contributed by atoms with van der Waals surface area (Å²) in [6, 6.07) is 0.0322. The van der Waals surface area contributed by atoms with Crippen molar-refractivity contribution in [3.05, 3.63) is 0 Å². The van der Waals surface area contributed by atoms with Crippen molar-refractivity contribution in [1.29, 1.82) is 0 Å². The zero-order valence-electron chi connectivity index (χ0n) is 9.01. The summed E-state index contributed by atoms with van der Waals surface area (Å²) in [4.78, 5) is 11.5. The number of rotatable bonds is 5. The van der Waals surface area contributed by atoms with Crippen LogP contribution in [-0.2, 0) is 9.53 Å². The SMILES string of the molecule is COCC(C)CNC(=O)[C@@H]1CCCN1. The summed E-state index contributed by atoms with van der Waals surface area (Å²) in [5, 5.41) is 6.10. The van der Waals surface area contributed by atoms with Gasteiger partial charge in [-0.15, -0.1) is 0 Å². The van der Waals surface area contributed by atoms with Crippen LogP contribution >= 0.6 is 0 Å². The second kappa shape index (κ2) is 5.98. The fourth-order valence-corrected chi connectivity index (χ4v) is 1.65. The van der Waals surface area contributed by atoms with E-state index in [9.17, 15) is 4.79 Å². The highest BCUT2D eigenvalue weighted by atomic mass is 16.5. The van der Waals surface area contributed by atoms with Crippen LogP contribution in [-0.4, -0.2) is 38.8 Å². The number of ether oxygens (including phenoxy) is 1. The van der Waals surface area contributed by atoms with E-state index in [0.29, 0.717) is 19.1 Å². The molecule has 0 bridgehead atoms. The number of hydrogen-bond donors (Lipinski definition) is 2. The monoisotopic (exact) mass is 200 g/mol. The first-order valence-electron chi connectivity index (χ1n) is 5.24. The van der Waals surface area contributed by atoms with E-state index in [1.807, 2.05) is 0 Å². The Kier molecular flexibility index (Phi) is 4.90. The summed E-state index contributed by atoms with van der Waals surface area (Å²) in [5.41, 5.74) is 0. The normalized spacial score (nSPS) is 23.4. The van der Waals surface area contributed by atoms with Crippen LogP contribution in [0.25, 0.3) is 0 Å². The van der Waals surface area contributed by atoms with Gasteiger partial charge in [-0.05, 0) is 25.3 Å². The summed E-state index contributed by atoms with van der Waals surface area (Å²) in [6.45, 7) is 4.42. The van der Waals surface area contributed by atoms with Gasteiger partial charge in [0.2, 0.25) is 5.91 Å². The van der Waals surface area contributed by atoms with E-state index < -0.39 is 0 Å². The second-order valence-electron chi connectivity index (χ2n) is 3.95. The van der Waals surface area contributed by atoms with E-state index in [1.165, 1.54) is 0 Å². The first kappa shape index (κ1) is 11.5. The van der Waals surface area contributed by atoms with Gasteiger partial charge < -0.3 is 15.4 Å². The maximum atomic E-state index is 11.5. The quantitative estimate of drug-likeness (QED) is 0.663. The third kappa shape index (κ3) is 3.64. The molecule has 1 heterocycles. The van der Waals surface area contributed by atoms with Crippen molar-refractivity contribution in [2.75, 3.05) is 26.8 Å². The van der Waals surface area contributed by atoms with Gasteiger partial charge in [0, 0.05) is 13.7 Å². The van der Waals surface area contributed by atoms with Gasteiger partial charge in [0.05, 0.1) is 12.6 Å². The Labute approximate surface area is 85.4 Å². The highest BCUT2D eigenvalue weighted by Gasteiger charge is 2.21. The summed E-state index contributed by atoms with van der Waals surface area (Å²) in [6.07, 6.45) is 2.07. The molecule has 2 atom stereocenters. The lowest BCUT2D eigenvalue weighted by Crippen LogP contribution is -2.42. The van der Waals surface area contributed by atoms with Crippen LogP contribution in [0.2, 0.25) is 0 Å². The van der Waals surface area contributed by atoms with Crippen molar-refractivity contribution in [1.82, 2.24) is 10.6 Å². The van der Waals surface area contributed by atoms with Crippen LogP contribution in [0.3, 0.4) is 0 Å². The molecule has 0 aromatic carbocycles. The van der Waals surface area contributed by atoms with Crippen molar-refractivity contribution in [3.8, 4) is 0 Å². The maximum absolute atomic E-state index is 11.5. The van der Waals surface area contributed by atoms with Gasteiger partial charge >= 0.3 is 0 Å². The molecule has 0 saturated carbocycles. The molecule has 0 aromatic heterocycles. The minimum absolute atomic E-state index is 0.0322. The number of carbonyl (C=O) groups is 1. The van der Waals surface area contributed by atoms with Crippen molar-refractivity contribution in [2.45, 2.75) is 25.8 Å². The summed E-state index contributed by atoms with van der Waals surface area (Å²) >= 11 is 0. The van der Waals surface area contributed by atoms with Gasteiger partial charge in [0.25, 0.3) is 0 Å². The van der Waals surface area contributed by atoms with Gasteiger partial charge in [0.15, 0.2) is 0 Å². The molecule has 4 nitrogen and oxygen atoms in total. The van der Waals surface area contributed by atoms with E-state index >= 15 is 0 Å². The molecule has 1 aliphatic heterocycles. The van der Waals surface area contributed by atoms with Crippen LogP contribution in [0.4, 0.5) is 0 Å². The topological polar surface area (TPSA) is 50.4 Å². The zero-order chi connectivity index (χ0) is 10.4. The van der Waals surface area contributed by atoms with Crippen molar-refractivity contribution >= 4 is 5.91 Å². The second-order valence-corrected chi connectivity index (χ2v) is 3.95. The third-order valence-electron chi connectivity index (χ3n) is 2.45. The lowest BCUT2D eigenvalue weighted by Gasteiger charge is -2.14. The van der Waals surface area contributed by atoms with Gasteiger partial charge in [0.1, 0.15) is 0 Å². The van der Waals surface area contributed by atoms with E-state index in [1.54, 1.807) is 7.11 Å². The minimum Gasteiger partial charge on any atom is -0.384 e. The van der Waals surface area contributed by atoms with Gasteiger partial charge in [-0.1, -0.05) is 6.92 Å². The standard InChI is InChI=1S/C10H20N2O2/c1-8(7-14-2)6-12-10(13)9-4-3-5-11-9/h8-9,11H,3-7H2,1-2H3,(H,12,13)/t8?,9-/m0/s1. The molecule has 0 aliphatic carbocycles. The molecule has 1 amide bonds. The molecule has 1 unspecified atom stereocenters. The average Bonchev–Trinajstić information content (AvgIpc) is 2.67. The fraction of sp³-hybridized carbons (Fsp3) is 0.900. The number of nitrogens with one attached hydrogen (secondary N) is 2. The minimum atomic E-state index is 0.0322. The average molecular weight is 200 g/mol. The number of hydrogen-bond acceptors (Lipinski definition) is 3. The third-order valence-corrected chi connectivity index (χ3v) is 2.45. The zero-order valence-corrected chi connectivity index (χ0v) is 9.01. The summed E-state index contributed by atoms with van der Waals surface area (Å²) in [5.74, 6) is 0.510. The Morgan fingerprint density at radius 3 is 3.07 bits per heavy atom. The van der Waals surface area contributed by atoms with Crippen molar-refractivity contribution in [3.63, 3.8) is 0 Å². The maximum Gasteiger partial charge on any atom is 0.237 e. The van der Waals surface area contributed by atoms with Gasteiger partial charge in [-0.3, -0.25) is 4.79 Å². The number of amides is 1. The van der Waals surface area contributed by atoms with Crippen molar-refractivity contribution < 1.29 is 9.53 Å². The molecule has 1 fully saturated rings. The molecule has 4 heteroatoms. The summed E-state index contributed by atoms with van der Waals surface area (Å²) < 4.78 is 4.99. The Morgan fingerprint density at radius 2 is 2.50 bits per heavy atom. The molecule has 1 aliphatic rings. The Hall–Kier alpha value is -0.610. The van der Waals surface area contributed by atoms with Crippen LogP contribution in [0, 0.1) is 5.92 Å². The fourth-order valence-electron chi connectivity index (χ4n) is 1.65. The van der Waals surface area contributed by atoms with Gasteiger partial charge in [-0.2, -0.15) is 0 Å². The lowest BCUT2D eigenvalue weighted by molar-refractivity contribution is -0.123. The van der Waals surface area contributed by atoms with Crippen LogP contribution in [0.15, 0.2) is 0 Å². The van der Waals surface area contributed by atoms with E-state index in [4.69, 9.17) is 4.74 Å². The molecule has 1 saturated heterocycles. The molecule has 2 N–H and O–H groups in total. The first-order chi connectivity index (χ1) is 6.74. The highest BCUT2D eigenvalue weighted by Crippen LogP contribution is 2.04. The number of methoxy groups -OCH3 is 1. The van der Waals surface area contributed by atoms with Crippen LogP contribution < -0.4 is 10.6 Å². The smallest absolute Gasteiger partial charge is 0.237 e. The Morgan fingerprint density at radius 1 is 1.71 bits per heavy atom. The molecule has 0 spiro atoms. The lowest BCUT2D eigenvalue weighted by atomic mass is 10.2. The van der Waals surface area contributed by atoms with E-state index in [2.05, 4.69) is 17.6 Å². The van der Waals surface area contributed by atoms with E-state index in [-0.39, 0.29) is 11.9 Å².